The van der Waals surface area contributed by atoms with Gasteiger partial charge in [-0.25, -0.2) is 0 Å². The summed E-state index contributed by atoms with van der Waals surface area (Å²) >= 11 is 0. The summed E-state index contributed by atoms with van der Waals surface area (Å²) in [5.74, 6) is 3.21. The highest BCUT2D eigenvalue weighted by Crippen LogP contribution is 2.70. The predicted octanol–water partition coefficient (Wildman–Crippen LogP) is 18.3. The molecule has 0 aliphatic heterocycles. The summed E-state index contributed by atoms with van der Waals surface area (Å²) in [7, 11) is 0. The van der Waals surface area contributed by atoms with Gasteiger partial charge in [-0.15, -0.1) is 0 Å². The zero-order valence-corrected chi connectivity index (χ0v) is 39.5. The van der Waals surface area contributed by atoms with Crippen LogP contribution in [0.25, 0.3) is 70.9 Å². The quantitative estimate of drug-likeness (QED) is 0.148. The SMILES string of the molecule is c1ccc(N(c2cccc3c2-c2ccccc2C32C3CC4CC(C3)CC2C4)c2ccc3ccc4c(N(c5ccccc5)c5cccc6c5c5ccccc5n6-c5ccccc5)ccc5ccc2c3c54)cc1. The van der Waals surface area contributed by atoms with Crippen molar-refractivity contribution in [2.75, 3.05) is 9.80 Å². The lowest BCUT2D eigenvalue weighted by Crippen LogP contribution is -2.55. The van der Waals surface area contributed by atoms with Gasteiger partial charge in [-0.2, -0.15) is 0 Å². The van der Waals surface area contributed by atoms with Crippen molar-refractivity contribution in [3.8, 4) is 16.8 Å². The minimum Gasteiger partial charge on any atom is -0.309 e. The van der Waals surface area contributed by atoms with Crippen LogP contribution in [0.3, 0.4) is 0 Å². The molecule has 3 heteroatoms. The lowest BCUT2D eigenvalue weighted by atomic mass is 9.43. The van der Waals surface area contributed by atoms with E-state index < -0.39 is 0 Å². The average Bonchev–Trinajstić information content (AvgIpc) is 3.93. The largest absolute Gasteiger partial charge is 0.309 e. The highest BCUT2D eigenvalue weighted by Gasteiger charge is 2.62. The zero-order valence-electron chi connectivity index (χ0n) is 39.5. The van der Waals surface area contributed by atoms with E-state index in [1.807, 2.05) is 0 Å². The molecule has 17 rings (SSSR count). The molecule has 0 radical (unpaired) electrons. The minimum absolute atomic E-state index is 0.0855. The molecule has 4 fully saturated rings. The number of aromatic nitrogens is 1. The number of anilines is 6. The van der Waals surface area contributed by atoms with Gasteiger partial charge >= 0.3 is 0 Å². The van der Waals surface area contributed by atoms with E-state index in [0.29, 0.717) is 11.8 Å². The molecule has 12 aromatic rings. The Morgan fingerprint density at radius 1 is 0.352 bits per heavy atom. The van der Waals surface area contributed by atoms with Crippen LogP contribution in [0.4, 0.5) is 34.1 Å². The van der Waals surface area contributed by atoms with Crippen LogP contribution in [0.2, 0.25) is 0 Å². The molecule has 0 unspecified atom stereocenters. The maximum absolute atomic E-state index is 2.61. The van der Waals surface area contributed by atoms with Gasteiger partial charge in [0.1, 0.15) is 0 Å². The number of hydrogen-bond acceptors (Lipinski definition) is 2. The van der Waals surface area contributed by atoms with Crippen molar-refractivity contribution in [3.63, 3.8) is 0 Å². The molecule has 4 bridgehead atoms. The smallest absolute Gasteiger partial charge is 0.0562 e. The first-order chi connectivity index (χ1) is 35.2. The maximum atomic E-state index is 2.61. The molecule has 338 valence electrons. The van der Waals surface area contributed by atoms with Crippen LogP contribution in [0.15, 0.2) is 224 Å². The maximum Gasteiger partial charge on any atom is 0.0562 e. The summed E-state index contributed by atoms with van der Waals surface area (Å²) in [5, 5.41) is 10.0. The summed E-state index contributed by atoms with van der Waals surface area (Å²) < 4.78 is 2.42. The summed E-state index contributed by atoms with van der Waals surface area (Å²) in [6.07, 6.45) is 6.95. The van der Waals surface area contributed by atoms with Crippen LogP contribution < -0.4 is 9.80 Å². The van der Waals surface area contributed by atoms with Crippen LogP contribution >= 0.6 is 0 Å². The van der Waals surface area contributed by atoms with Crippen LogP contribution in [0, 0.1) is 23.7 Å². The van der Waals surface area contributed by atoms with E-state index in [4.69, 9.17) is 0 Å². The second kappa shape index (κ2) is 14.9. The van der Waals surface area contributed by atoms with E-state index in [2.05, 4.69) is 239 Å². The number of hydrogen-bond donors (Lipinski definition) is 0. The summed E-state index contributed by atoms with van der Waals surface area (Å²) in [6.45, 7) is 0. The lowest BCUT2D eigenvalue weighted by molar-refractivity contribution is -0.0399. The minimum atomic E-state index is 0.0855. The van der Waals surface area contributed by atoms with Gasteiger partial charge in [0.2, 0.25) is 0 Å². The summed E-state index contributed by atoms with van der Waals surface area (Å²) in [6, 6.07) is 84.6. The molecule has 5 aliphatic carbocycles. The molecule has 1 heterocycles. The molecule has 3 nitrogen and oxygen atoms in total. The molecule has 71 heavy (non-hydrogen) atoms. The lowest BCUT2D eigenvalue weighted by Gasteiger charge is -2.61. The molecule has 11 aromatic carbocycles. The van der Waals surface area contributed by atoms with Crippen molar-refractivity contribution in [3.05, 3.63) is 236 Å². The Bertz CT molecular complexity index is 4050. The predicted molar refractivity (Wildman–Crippen MR) is 297 cm³/mol. The first-order valence-corrected chi connectivity index (χ1v) is 25.9. The number of benzene rings is 11. The van der Waals surface area contributed by atoms with Gasteiger partial charge in [-0.3, -0.25) is 0 Å². The van der Waals surface area contributed by atoms with Crippen molar-refractivity contribution in [2.24, 2.45) is 23.7 Å². The monoisotopic (exact) mass is 909 g/mol. The third kappa shape index (κ3) is 5.44. The zero-order chi connectivity index (χ0) is 46.4. The molecule has 4 saturated carbocycles. The van der Waals surface area contributed by atoms with Crippen LogP contribution in [-0.4, -0.2) is 4.57 Å². The van der Waals surface area contributed by atoms with Gasteiger partial charge in [0.25, 0.3) is 0 Å². The van der Waals surface area contributed by atoms with E-state index in [9.17, 15) is 0 Å². The molecular weight excluding hydrogens is 859 g/mol. The fourth-order valence-electron chi connectivity index (χ4n) is 15.5. The Kier molecular flexibility index (Phi) is 8.35. The fraction of sp³-hybridized carbons (Fsp3) is 0.147. The van der Waals surface area contributed by atoms with Gasteiger partial charge in [0.15, 0.2) is 0 Å². The van der Waals surface area contributed by atoms with E-state index in [0.717, 1.165) is 34.6 Å². The third-order valence-electron chi connectivity index (χ3n) is 17.9. The van der Waals surface area contributed by atoms with E-state index in [1.54, 1.807) is 11.1 Å². The normalized spacial score (nSPS) is 20.7. The molecule has 5 aliphatic rings. The third-order valence-corrected chi connectivity index (χ3v) is 17.9. The fourth-order valence-corrected chi connectivity index (χ4v) is 15.5. The molecule has 1 aromatic heterocycles. The number of fused-ring (bicyclic) bond motifs is 6. The van der Waals surface area contributed by atoms with Gasteiger partial charge in [-0.05, 0) is 167 Å². The van der Waals surface area contributed by atoms with Gasteiger partial charge in [0.05, 0.1) is 33.8 Å². The van der Waals surface area contributed by atoms with Crippen molar-refractivity contribution >= 4 is 88.2 Å². The van der Waals surface area contributed by atoms with Crippen molar-refractivity contribution in [2.45, 2.75) is 37.5 Å². The number of para-hydroxylation sites is 4. The molecule has 0 amide bonds. The van der Waals surface area contributed by atoms with Gasteiger partial charge < -0.3 is 14.4 Å². The van der Waals surface area contributed by atoms with E-state index in [-0.39, 0.29) is 5.41 Å². The van der Waals surface area contributed by atoms with Crippen LogP contribution in [-0.2, 0) is 5.41 Å². The molecule has 0 saturated heterocycles. The first kappa shape index (κ1) is 39.7. The van der Waals surface area contributed by atoms with Crippen molar-refractivity contribution in [1.29, 1.82) is 0 Å². The first-order valence-electron chi connectivity index (χ1n) is 25.9. The van der Waals surface area contributed by atoms with Crippen LogP contribution in [0.5, 0.6) is 0 Å². The second-order valence-electron chi connectivity index (χ2n) is 21.2. The van der Waals surface area contributed by atoms with Crippen LogP contribution in [0.1, 0.15) is 43.2 Å². The molecule has 0 N–H and O–H groups in total. The Labute approximate surface area is 414 Å². The summed E-state index contributed by atoms with van der Waals surface area (Å²) in [5.41, 5.74) is 16.8. The number of rotatable bonds is 7. The Balaban J connectivity index is 0.935. The van der Waals surface area contributed by atoms with Gasteiger partial charge in [0, 0.05) is 49.6 Å². The molecule has 1 spiro atoms. The van der Waals surface area contributed by atoms with Crippen molar-refractivity contribution in [1.82, 2.24) is 4.57 Å². The summed E-state index contributed by atoms with van der Waals surface area (Å²) in [4.78, 5) is 5.12. The van der Waals surface area contributed by atoms with Crippen molar-refractivity contribution < 1.29 is 0 Å². The average molecular weight is 910 g/mol. The highest BCUT2D eigenvalue weighted by atomic mass is 15.2. The highest BCUT2D eigenvalue weighted by molar-refractivity contribution is 6.29. The Morgan fingerprint density at radius 2 is 0.859 bits per heavy atom. The Morgan fingerprint density at radius 3 is 1.52 bits per heavy atom. The Hall–Kier alpha value is -8.14. The second-order valence-corrected chi connectivity index (χ2v) is 21.2. The standard InChI is InChI=1S/C68H51N3/c1-4-16-49(17-5-1)69-58-26-13-11-23-53(58)67-62(69)28-15-29-63(67)71(51-20-8-3-9-21-51)60-37-33-46-30-34-54-59(36-32-45-31-35-55(60)65(46)64(45)54)70(50-18-6-2-7-19-50)61-27-14-25-57-66(61)52-22-10-12-24-56(52)68(57)47-39-43-38-44(41-47)42-48(68)40-43/h1-37,43-44,47-48H,38-42H2. The topological polar surface area (TPSA) is 11.4 Å². The van der Waals surface area contributed by atoms with E-state index in [1.165, 1.54) is 114 Å². The molecule has 0 atom stereocenters. The van der Waals surface area contributed by atoms with Gasteiger partial charge in [-0.1, -0.05) is 152 Å². The van der Waals surface area contributed by atoms with E-state index >= 15 is 0 Å². The molecular formula is C68H51N3. The number of nitrogens with zero attached hydrogens (tertiary/aromatic N) is 3.